The third-order valence-corrected chi connectivity index (χ3v) is 4.11. The molecule has 0 spiro atoms. The molecule has 4 aromatic rings. The summed E-state index contributed by atoms with van der Waals surface area (Å²) in [4.78, 5) is 31.7. The minimum absolute atomic E-state index is 0. The molecule has 6 nitrogen and oxygen atoms in total. The molecule has 2 aromatic carbocycles. The van der Waals surface area contributed by atoms with Gasteiger partial charge in [-0.05, 0) is 38.1 Å². The molecule has 4 rings (SSSR count). The van der Waals surface area contributed by atoms with Crippen molar-refractivity contribution in [1.82, 2.24) is 9.97 Å². The molecule has 0 radical (unpaired) electrons. The van der Waals surface area contributed by atoms with Crippen molar-refractivity contribution in [3.63, 3.8) is 0 Å². The summed E-state index contributed by atoms with van der Waals surface area (Å²) in [7, 11) is 0. The van der Waals surface area contributed by atoms with Crippen molar-refractivity contribution in [2.75, 3.05) is 10.6 Å². The molecule has 0 aliphatic carbocycles. The molecule has 2 amide bonds. The molecule has 7 heteroatoms. The number of anilines is 2. The second-order valence-electron chi connectivity index (χ2n) is 6.58. The fourth-order valence-corrected chi connectivity index (χ4v) is 2.65. The molecular formula is C24H22FeN4O2-2. The summed E-state index contributed by atoms with van der Waals surface area (Å²) in [6, 6.07) is 25.4. The second-order valence-corrected chi connectivity index (χ2v) is 6.58. The standard InChI is InChI=1S/2C12H11N2O.Fe/c2*1-9-5-4-8-11(13-9)14-12(15)10-6-2-3-7-10;/h2*2-8H,1H3,(H,13,14,15);/q2*-1;. The van der Waals surface area contributed by atoms with Crippen molar-refractivity contribution in [3.05, 3.63) is 107 Å². The fraction of sp³-hybridized carbons (Fsp3) is 0.0833. The maximum atomic E-state index is 11.6. The smallest absolute Gasteiger partial charge is 0.200 e. The van der Waals surface area contributed by atoms with Gasteiger partial charge in [0.25, 0.3) is 0 Å². The largest absolute Gasteiger partial charge is 0.317 e. The van der Waals surface area contributed by atoms with Gasteiger partial charge >= 0.3 is 0 Å². The average Bonchev–Trinajstić information content (AvgIpc) is 3.43. The van der Waals surface area contributed by atoms with Gasteiger partial charge in [-0.2, -0.15) is 24.3 Å². The number of hydrogen-bond donors (Lipinski definition) is 2. The van der Waals surface area contributed by atoms with Gasteiger partial charge in [0.1, 0.15) is 11.6 Å². The Bertz CT molecular complexity index is 1020. The molecule has 160 valence electrons. The van der Waals surface area contributed by atoms with Crippen molar-refractivity contribution in [2.45, 2.75) is 13.8 Å². The van der Waals surface area contributed by atoms with E-state index in [0.29, 0.717) is 22.8 Å². The topological polar surface area (TPSA) is 84.0 Å². The first-order chi connectivity index (χ1) is 14.5. The molecule has 0 fully saturated rings. The van der Waals surface area contributed by atoms with Gasteiger partial charge in [0.15, 0.2) is 0 Å². The molecule has 2 N–H and O–H groups in total. The zero-order valence-corrected chi connectivity index (χ0v) is 18.3. The predicted molar refractivity (Wildman–Crippen MR) is 118 cm³/mol. The Kier molecular flexibility index (Phi) is 8.88. The third-order valence-electron chi connectivity index (χ3n) is 4.11. The minimum atomic E-state index is -0.127. The number of amides is 2. The number of carbonyl (C=O) groups is 2. The van der Waals surface area contributed by atoms with E-state index in [9.17, 15) is 9.59 Å². The third kappa shape index (κ3) is 7.33. The van der Waals surface area contributed by atoms with Gasteiger partial charge in [0.05, 0.1) is 0 Å². The van der Waals surface area contributed by atoms with Crippen molar-refractivity contribution in [1.29, 1.82) is 0 Å². The Labute approximate surface area is 192 Å². The summed E-state index contributed by atoms with van der Waals surface area (Å²) in [5, 5.41) is 5.47. The second kappa shape index (κ2) is 11.6. The van der Waals surface area contributed by atoms with E-state index in [1.165, 1.54) is 0 Å². The van der Waals surface area contributed by atoms with Gasteiger partial charge in [-0.15, -0.1) is 0 Å². The van der Waals surface area contributed by atoms with Crippen molar-refractivity contribution in [3.8, 4) is 0 Å². The van der Waals surface area contributed by atoms with Crippen LogP contribution in [0.15, 0.2) is 84.9 Å². The molecule has 0 bridgehead atoms. The van der Waals surface area contributed by atoms with Crippen LogP contribution in [0.2, 0.25) is 0 Å². The number of aromatic nitrogens is 2. The van der Waals surface area contributed by atoms with Crippen LogP contribution in [0.3, 0.4) is 0 Å². The maximum Gasteiger partial charge on any atom is 0.200 e. The van der Waals surface area contributed by atoms with Crippen molar-refractivity contribution >= 4 is 23.5 Å². The van der Waals surface area contributed by atoms with E-state index >= 15 is 0 Å². The predicted octanol–water partition coefficient (Wildman–Crippen LogP) is 4.72. The number of rotatable bonds is 4. The first-order valence-electron chi connectivity index (χ1n) is 9.45. The van der Waals surface area contributed by atoms with Crippen LogP contribution in [0.1, 0.15) is 32.1 Å². The normalized spacial score (nSPS) is 9.61. The van der Waals surface area contributed by atoms with Gasteiger partial charge in [0.2, 0.25) is 11.8 Å². The molecule has 0 atom stereocenters. The monoisotopic (exact) mass is 454 g/mol. The van der Waals surface area contributed by atoms with E-state index < -0.39 is 0 Å². The Hall–Kier alpha value is -3.54. The van der Waals surface area contributed by atoms with Crippen molar-refractivity contribution < 1.29 is 26.7 Å². The molecule has 0 unspecified atom stereocenters. The van der Waals surface area contributed by atoms with E-state index in [0.717, 1.165) is 11.4 Å². The molecule has 0 aliphatic rings. The Morgan fingerprint density at radius 1 is 0.645 bits per heavy atom. The first-order valence-corrected chi connectivity index (χ1v) is 9.45. The molecule has 0 saturated heterocycles. The van der Waals surface area contributed by atoms with Crippen LogP contribution in [0.25, 0.3) is 0 Å². The number of carbonyl (C=O) groups excluding carboxylic acids is 2. The Balaban J connectivity index is 0.000000213. The zero-order chi connectivity index (χ0) is 21.3. The van der Waals surface area contributed by atoms with E-state index in [1.807, 2.05) is 62.4 Å². The minimum Gasteiger partial charge on any atom is -0.317 e. The fourth-order valence-electron chi connectivity index (χ4n) is 2.65. The van der Waals surface area contributed by atoms with Crippen LogP contribution in [0.5, 0.6) is 0 Å². The van der Waals surface area contributed by atoms with Crippen LogP contribution in [0.4, 0.5) is 11.6 Å². The van der Waals surface area contributed by atoms with E-state index in [4.69, 9.17) is 0 Å². The number of pyridine rings is 2. The Morgan fingerprint density at radius 3 is 1.32 bits per heavy atom. The number of aryl methyl sites for hydroxylation is 2. The zero-order valence-electron chi connectivity index (χ0n) is 17.1. The van der Waals surface area contributed by atoms with Gasteiger partial charge < -0.3 is 10.6 Å². The van der Waals surface area contributed by atoms with Crippen molar-refractivity contribution in [2.24, 2.45) is 0 Å². The molecule has 2 aromatic heterocycles. The average molecular weight is 454 g/mol. The first kappa shape index (κ1) is 23.7. The Morgan fingerprint density at radius 2 is 1.00 bits per heavy atom. The molecule has 31 heavy (non-hydrogen) atoms. The van der Waals surface area contributed by atoms with Crippen LogP contribution in [-0.4, -0.2) is 21.8 Å². The van der Waals surface area contributed by atoms with Crippen LogP contribution in [-0.2, 0) is 17.1 Å². The van der Waals surface area contributed by atoms with Gasteiger partial charge in [-0.1, -0.05) is 23.3 Å². The SMILES string of the molecule is Cc1cccc(NC(=O)[c-]2cccc2)n1.Cc1cccc(NC(=O)[c-]2cccc2)n1.[Fe]. The quantitative estimate of drug-likeness (QED) is 0.345. The summed E-state index contributed by atoms with van der Waals surface area (Å²) in [6.45, 7) is 3.77. The number of nitrogens with zero attached hydrogens (tertiary/aromatic N) is 2. The molecule has 0 aliphatic heterocycles. The van der Waals surface area contributed by atoms with Gasteiger partial charge in [-0.25, -0.2) is 34.2 Å². The maximum absolute atomic E-state index is 11.6. The summed E-state index contributed by atoms with van der Waals surface area (Å²) >= 11 is 0. The number of hydrogen-bond acceptors (Lipinski definition) is 4. The summed E-state index contributed by atoms with van der Waals surface area (Å²) < 4.78 is 0. The van der Waals surface area contributed by atoms with E-state index in [-0.39, 0.29) is 28.9 Å². The summed E-state index contributed by atoms with van der Waals surface area (Å²) in [6.07, 6.45) is 0. The summed E-state index contributed by atoms with van der Waals surface area (Å²) in [5.74, 6) is 0.915. The summed E-state index contributed by atoms with van der Waals surface area (Å²) in [5.41, 5.74) is 3.07. The van der Waals surface area contributed by atoms with Gasteiger partial charge in [0, 0.05) is 28.5 Å². The van der Waals surface area contributed by atoms with E-state index in [2.05, 4.69) is 20.6 Å². The van der Waals surface area contributed by atoms with Crippen LogP contribution >= 0.6 is 0 Å². The van der Waals surface area contributed by atoms with Crippen LogP contribution < -0.4 is 10.6 Å². The molecular weight excluding hydrogens is 432 g/mol. The molecule has 0 saturated carbocycles. The van der Waals surface area contributed by atoms with Gasteiger partial charge in [-0.3, -0.25) is 9.59 Å². The molecule has 2 heterocycles. The van der Waals surface area contributed by atoms with E-state index in [1.54, 1.807) is 36.4 Å². The number of nitrogens with one attached hydrogen (secondary N) is 2. The van der Waals surface area contributed by atoms with Crippen LogP contribution in [0, 0.1) is 13.8 Å².